The van der Waals surface area contributed by atoms with Crippen molar-refractivity contribution in [2.45, 2.75) is 44.3 Å². The summed E-state index contributed by atoms with van der Waals surface area (Å²) in [6, 6.07) is 8.48. The first kappa shape index (κ1) is 19.0. The first-order chi connectivity index (χ1) is 14.6. The number of rotatable bonds is 3. The summed E-state index contributed by atoms with van der Waals surface area (Å²) in [5, 5.41) is 3.85. The highest BCUT2D eigenvalue weighted by Gasteiger charge is 2.36. The van der Waals surface area contributed by atoms with Gasteiger partial charge >= 0.3 is 0 Å². The van der Waals surface area contributed by atoms with E-state index in [0.717, 1.165) is 42.2 Å². The van der Waals surface area contributed by atoms with E-state index >= 15 is 0 Å². The molecule has 5 rings (SSSR count). The summed E-state index contributed by atoms with van der Waals surface area (Å²) in [6.07, 6.45) is 13.4. The van der Waals surface area contributed by atoms with E-state index < -0.39 is 0 Å². The van der Waals surface area contributed by atoms with Crippen LogP contribution in [0.1, 0.15) is 42.1 Å². The van der Waals surface area contributed by atoms with Crippen molar-refractivity contribution in [3.8, 4) is 0 Å². The van der Waals surface area contributed by atoms with Crippen molar-refractivity contribution >= 4 is 11.5 Å². The van der Waals surface area contributed by atoms with Gasteiger partial charge in [0.15, 0.2) is 0 Å². The molecule has 6 nitrogen and oxygen atoms in total. The van der Waals surface area contributed by atoms with Crippen molar-refractivity contribution in [3.05, 3.63) is 82.1 Å². The molecule has 5 heterocycles. The Morgan fingerprint density at radius 2 is 2.10 bits per heavy atom. The second kappa shape index (κ2) is 7.69. The first-order valence-corrected chi connectivity index (χ1v) is 10.7. The van der Waals surface area contributed by atoms with Gasteiger partial charge in [-0.3, -0.25) is 14.8 Å². The van der Waals surface area contributed by atoms with Crippen molar-refractivity contribution in [1.29, 1.82) is 0 Å². The molecule has 154 valence electrons. The molecule has 1 saturated heterocycles. The van der Waals surface area contributed by atoms with Crippen molar-refractivity contribution in [2.75, 3.05) is 6.54 Å². The molecule has 1 unspecified atom stereocenters. The fourth-order valence-corrected chi connectivity index (χ4v) is 4.79. The average molecular weight is 402 g/mol. The molecule has 30 heavy (non-hydrogen) atoms. The molecule has 3 atom stereocenters. The molecular formula is C24H27N5O. The van der Waals surface area contributed by atoms with Crippen LogP contribution in [-0.2, 0) is 7.05 Å². The Labute approximate surface area is 176 Å². The van der Waals surface area contributed by atoms with Gasteiger partial charge in [-0.2, -0.15) is 0 Å². The van der Waals surface area contributed by atoms with E-state index in [-0.39, 0.29) is 17.6 Å². The van der Waals surface area contributed by atoms with E-state index in [4.69, 9.17) is 4.99 Å². The zero-order chi connectivity index (χ0) is 20.7. The molecule has 3 aliphatic rings. The Morgan fingerprint density at radius 3 is 2.93 bits per heavy atom. The lowest BCUT2D eigenvalue weighted by molar-refractivity contribution is 0.282. The zero-order valence-electron chi connectivity index (χ0n) is 17.5. The van der Waals surface area contributed by atoms with Gasteiger partial charge in [-0.05, 0) is 56.0 Å². The van der Waals surface area contributed by atoms with Gasteiger partial charge in [-0.1, -0.05) is 12.1 Å². The third kappa shape index (κ3) is 3.41. The van der Waals surface area contributed by atoms with Crippen molar-refractivity contribution in [3.63, 3.8) is 0 Å². The molecule has 2 aromatic rings. The second-order valence-electron chi connectivity index (χ2n) is 8.41. The number of hydrogen-bond donors (Lipinski definition) is 1. The van der Waals surface area contributed by atoms with Crippen LogP contribution in [0.25, 0.3) is 5.70 Å². The molecule has 0 amide bonds. The maximum atomic E-state index is 11.8. The minimum Gasteiger partial charge on any atom is -0.324 e. The number of nitrogens with zero attached hydrogens (tertiary/aromatic N) is 4. The molecule has 0 radical (unpaired) electrons. The lowest BCUT2D eigenvalue weighted by atomic mass is 9.91. The number of fused-ring (bicyclic) bond motifs is 1. The Bertz CT molecular complexity index is 1110. The summed E-state index contributed by atoms with van der Waals surface area (Å²) in [5.74, 6) is 1.00. The summed E-state index contributed by atoms with van der Waals surface area (Å²) >= 11 is 0. The van der Waals surface area contributed by atoms with E-state index in [1.807, 2.05) is 30.6 Å². The van der Waals surface area contributed by atoms with Gasteiger partial charge in [-0.25, -0.2) is 0 Å². The van der Waals surface area contributed by atoms with Gasteiger partial charge in [0, 0.05) is 43.7 Å². The third-order valence-electron chi connectivity index (χ3n) is 6.38. The molecule has 0 aliphatic carbocycles. The molecular weight excluding hydrogens is 374 g/mol. The monoisotopic (exact) mass is 401 g/mol. The average Bonchev–Trinajstić information content (AvgIpc) is 3.21. The number of aromatic nitrogens is 2. The Kier molecular flexibility index (Phi) is 4.87. The van der Waals surface area contributed by atoms with E-state index in [1.54, 1.807) is 17.7 Å². The predicted molar refractivity (Wildman–Crippen MR) is 119 cm³/mol. The van der Waals surface area contributed by atoms with Crippen LogP contribution in [-0.4, -0.2) is 38.9 Å². The minimum atomic E-state index is 0.00107. The second-order valence-corrected chi connectivity index (χ2v) is 8.41. The van der Waals surface area contributed by atoms with Gasteiger partial charge in [-0.15, -0.1) is 0 Å². The molecule has 2 aromatic heterocycles. The summed E-state index contributed by atoms with van der Waals surface area (Å²) in [6.45, 7) is 2.98. The van der Waals surface area contributed by atoms with Crippen LogP contribution in [0.2, 0.25) is 0 Å². The smallest absolute Gasteiger partial charge is 0.250 e. The normalized spacial score (nSPS) is 25.7. The number of allylic oxidation sites excluding steroid dienone is 2. The van der Waals surface area contributed by atoms with Gasteiger partial charge in [0.2, 0.25) is 5.56 Å². The SMILES string of the molecule is Cc1cccnc1[C@@H]1CCC[C@H](C2CN3C(c4ccc(=O)n(C)c4)=CC=CC3=N2)N1. The maximum Gasteiger partial charge on any atom is 0.250 e. The predicted octanol–water partition coefficient (Wildman–Crippen LogP) is 2.97. The van der Waals surface area contributed by atoms with E-state index in [1.165, 1.54) is 12.0 Å². The molecule has 0 aromatic carbocycles. The van der Waals surface area contributed by atoms with Crippen LogP contribution < -0.4 is 10.9 Å². The highest BCUT2D eigenvalue weighted by atomic mass is 16.1. The number of nitrogens with one attached hydrogen (secondary N) is 1. The fraction of sp³-hybridized carbons (Fsp3) is 0.375. The Morgan fingerprint density at radius 1 is 1.20 bits per heavy atom. The number of aliphatic imine (C=N–C) groups is 1. The minimum absolute atomic E-state index is 0.00107. The van der Waals surface area contributed by atoms with Crippen LogP contribution in [0.3, 0.4) is 0 Å². The van der Waals surface area contributed by atoms with Crippen LogP contribution >= 0.6 is 0 Å². The molecule has 0 spiro atoms. The van der Waals surface area contributed by atoms with Gasteiger partial charge in [0.05, 0.1) is 23.5 Å². The lowest BCUT2D eigenvalue weighted by Gasteiger charge is -2.34. The van der Waals surface area contributed by atoms with Gasteiger partial charge < -0.3 is 14.8 Å². The quantitative estimate of drug-likeness (QED) is 0.859. The van der Waals surface area contributed by atoms with Crippen LogP contribution in [0.4, 0.5) is 0 Å². The van der Waals surface area contributed by atoms with E-state index in [9.17, 15) is 4.79 Å². The highest BCUT2D eigenvalue weighted by Crippen LogP contribution is 2.32. The lowest BCUT2D eigenvalue weighted by Crippen LogP contribution is -2.46. The van der Waals surface area contributed by atoms with Crippen molar-refractivity contribution in [2.24, 2.45) is 12.0 Å². The Hall–Kier alpha value is -2.99. The summed E-state index contributed by atoms with van der Waals surface area (Å²) in [7, 11) is 1.79. The largest absolute Gasteiger partial charge is 0.324 e. The standard InChI is InChI=1S/C24H27N5O/c1-16-6-5-13-25-24(16)19-8-3-7-18(26-19)20-15-29-21(9-4-10-22(29)27-20)17-11-12-23(30)28(2)14-17/h4-6,9-14,18-20,26H,3,7-8,15H2,1-2H3/t18-,19+,20?/m1/s1. The van der Waals surface area contributed by atoms with Crippen LogP contribution in [0.5, 0.6) is 0 Å². The topological polar surface area (TPSA) is 62.5 Å². The molecule has 1 N–H and O–H groups in total. The van der Waals surface area contributed by atoms with Crippen molar-refractivity contribution in [1.82, 2.24) is 19.8 Å². The molecule has 3 aliphatic heterocycles. The molecule has 1 fully saturated rings. The van der Waals surface area contributed by atoms with Crippen LogP contribution in [0, 0.1) is 6.92 Å². The highest BCUT2D eigenvalue weighted by molar-refractivity contribution is 6.02. The van der Waals surface area contributed by atoms with Gasteiger partial charge in [0.1, 0.15) is 5.84 Å². The third-order valence-corrected chi connectivity index (χ3v) is 6.38. The maximum absolute atomic E-state index is 11.8. The number of aryl methyl sites for hydroxylation is 2. The first-order valence-electron chi connectivity index (χ1n) is 10.7. The van der Waals surface area contributed by atoms with Crippen molar-refractivity contribution < 1.29 is 0 Å². The zero-order valence-corrected chi connectivity index (χ0v) is 17.5. The molecule has 0 saturated carbocycles. The number of amidine groups is 1. The number of piperidine rings is 1. The summed E-state index contributed by atoms with van der Waals surface area (Å²) in [4.78, 5) is 23.8. The van der Waals surface area contributed by atoms with Gasteiger partial charge in [0.25, 0.3) is 0 Å². The molecule has 0 bridgehead atoms. The van der Waals surface area contributed by atoms with E-state index in [0.29, 0.717) is 6.04 Å². The number of pyridine rings is 2. The summed E-state index contributed by atoms with van der Waals surface area (Å²) < 4.78 is 1.63. The number of hydrogen-bond acceptors (Lipinski definition) is 5. The fourth-order valence-electron chi connectivity index (χ4n) is 4.79. The van der Waals surface area contributed by atoms with Crippen LogP contribution in [0.15, 0.2) is 64.7 Å². The Balaban J connectivity index is 1.36. The van der Waals surface area contributed by atoms with E-state index in [2.05, 4.69) is 40.3 Å². The molecule has 6 heteroatoms. The summed E-state index contributed by atoms with van der Waals surface area (Å²) in [5.41, 5.74) is 4.54.